The molecular formula is C17H18ClNO2. The first kappa shape index (κ1) is 15.3. The number of halogens is 1. The molecule has 21 heavy (non-hydrogen) atoms. The van der Waals surface area contributed by atoms with Crippen LogP contribution in [0, 0.1) is 0 Å². The number of anilines is 1. The minimum Gasteiger partial charge on any atom is -0.493 e. The highest BCUT2D eigenvalue weighted by Gasteiger charge is 2.06. The molecule has 110 valence electrons. The second-order valence-electron chi connectivity index (χ2n) is 4.42. The van der Waals surface area contributed by atoms with Gasteiger partial charge in [0.1, 0.15) is 6.61 Å². The van der Waals surface area contributed by atoms with Crippen molar-refractivity contribution >= 4 is 17.3 Å². The van der Waals surface area contributed by atoms with E-state index in [1.165, 1.54) is 0 Å². The van der Waals surface area contributed by atoms with Crippen molar-refractivity contribution in [2.24, 2.45) is 0 Å². The molecule has 0 aliphatic rings. The van der Waals surface area contributed by atoms with Crippen molar-refractivity contribution in [3.8, 4) is 11.5 Å². The van der Waals surface area contributed by atoms with Gasteiger partial charge in [0.05, 0.1) is 17.8 Å². The maximum absolute atomic E-state index is 6.11. The summed E-state index contributed by atoms with van der Waals surface area (Å²) in [6, 6.07) is 13.5. The first-order valence-electron chi connectivity index (χ1n) is 6.63. The molecule has 0 spiro atoms. The fourth-order valence-electron chi connectivity index (χ4n) is 1.89. The number of hydrogen-bond acceptors (Lipinski definition) is 3. The van der Waals surface area contributed by atoms with Crippen molar-refractivity contribution < 1.29 is 9.47 Å². The van der Waals surface area contributed by atoms with E-state index in [4.69, 9.17) is 21.1 Å². The summed E-state index contributed by atoms with van der Waals surface area (Å²) >= 11 is 6.11. The van der Waals surface area contributed by atoms with Crippen molar-refractivity contribution in [3.63, 3.8) is 0 Å². The van der Waals surface area contributed by atoms with Gasteiger partial charge in [-0.2, -0.15) is 0 Å². The SMILES string of the molecule is C=CCOc1ccc(CNc2ccccc2Cl)cc1OC. The van der Waals surface area contributed by atoms with Gasteiger partial charge < -0.3 is 14.8 Å². The summed E-state index contributed by atoms with van der Waals surface area (Å²) in [4.78, 5) is 0. The summed E-state index contributed by atoms with van der Waals surface area (Å²) in [6.07, 6.45) is 1.70. The predicted octanol–water partition coefficient (Wildman–Crippen LogP) is 4.53. The monoisotopic (exact) mass is 303 g/mol. The lowest BCUT2D eigenvalue weighted by Gasteiger charge is -2.12. The second-order valence-corrected chi connectivity index (χ2v) is 4.83. The molecular weight excluding hydrogens is 286 g/mol. The summed E-state index contributed by atoms with van der Waals surface area (Å²) in [7, 11) is 1.63. The van der Waals surface area contributed by atoms with Crippen LogP contribution in [0.25, 0.3) is 0 Å². The summed E-state index contributed by atoms with van der Waals surface area (Å²) in [5.41, 5.74) is 1.99. The molecule has 0 saturated heterocycles. The molecule has 0 aliphatic heterocycles. The normalized spacial score (nSPS) is 10.0. The lowest BCUT2D eigenvalue weighted by molar-refractivity contribution is 0.326. The van der Waals surface area contributed by atoms with Crippen LogP contribution >= 0.6 is 11.6 Å². The van der Waals surface area contributed by atoms with E-state index in [9.17, 15) is 0 Å². The maximum Gasteiger partial charge on any atom is 0.161 e. The number of benzene rings is 2. The molecule has 2 rings (SSSR count). The zero-order chi connectivity index (χ0) is 15.1. The molecule has 0 atom stereocenters. The molecule has 2 aromatic rings. The Hall–Kier alpha value is -2.13. The molecule has 0 aliphatic carbocycles. The van der Waals surface area contributed by atoms with E-state index in [0.29, 0.717) is 29.7 Å². The molecule has 2 aromatic carbocycles. The molecule has 0 bridgehead atoms. The van der Waals surface area contributed by atoms with E-state index in [0.717, 1.165) is 11.3 Å². The summed E-state index contributed by atoms with van der Waals surface area (Å²) in [5.74, 6) is 1.41. The third-order valence-corrected chi connectivity index (χ3v) is 3.27. The number of para-hydroxylation sites is 1. The molecule has 0 fully saturated rings. The lowest BCUT2D eigenvalue weighted by atomic mass is 10.2. The summed E-state index contributed by atoms with van der Waals surface area (Å²) < 4.78 is 10.9. The average Bonchev–Trinajstić information content (AvgIpc) is 2.52. The van der Waals surface area contributed by atoms with Gasteiger partial charge in [-0.3, -0.25) is 0 Å². The number of hydrogen-bond donors (Lipinski definition) is 1. The zero-order valence-electron chi connectivity index (χ0n) is 11.9. The van der Waals surface area contributed by atoms with Crippen LogP contribution in [0.2, 0.25) is 5.02 Å². The van der Waals surface area contributed by atoms with E-state index in [2.05, 4.69) is 11.9 Å². The van der Waals surface area contributed by atoms with Crippen LogP contribution in [0.1, 0.15) is 5.56 Å². The molecule has 0 radical (unpaired) electrons. The Morgan fingerprint density at radius 1 is 1.19 bits per heavy atom. The Balaban J connectivity index is 2.07. The molecule has 0 heterocycles. The second kappa shape index (κ2) is 7.60. The molecule has 1 N–H and O–H groups in total. The van der Waals surface area contributed by atoms with Crippen molar-refractivity contribution in [1.82, 2.24) is 0 Å². The van der Waals surface area contributed by atoms with Gasteiger partial charge in [-0.1, -0.05) is 42.5 Å². The van der Waals surface area contributed by atoms with E-state index in [-0.39, 0.29) is 0 Å². The molecule has 0 saturated carbocycles. The first-order valence-corrected chi connectivity index (χ1v) is 7.01. The van der Waals surface area contributed by atoms with Crippen molar-refractivity contribution in [3.05, 3.63) is 65.7 Å². The van der Waals surface area contributed by atoms with Crippen LogP contribution in [-0.4, -0.2) is 13.7 Å². The summed E-state index contributed by atoms with van der Waals surface area (Å²) in [6.45, 7) is 4.74. The minimum atomic E-state index is 0.452. The summed E-state index contributed by atoms with van der Waals surface area (Å²) in [5, 5.41) is 4.00. The third kappa shape index (κ3) is 4.17. The highest BCUT2D eigenvalue weighted by molar-refractivity contribution is 6.33. The number of ether oxygens (including phenoxy) is 2. The fourth-order valence-corrected chi connectivity index (χ4v) is 2.09. The highest BCUT2D eigenvalue weighted by atomic mass is 35.5. The van der Waals surface area contributed by atoms with E-state index < -0.39 is 0 Å². The average molecular weight is 304 g/mol. The van der Waals surface area contributed by atoms with Gasteiger partial charge in [0.15, 0.2) is 11.5 Å². The van der Waals surface area contributed by atoms with Crippen LogP contribution in [0.4, 0.5) is 5.69 Å². The van der Waals surface area contributed by atoms with Crippen LogP contribution in [-0.2, 0) is 6.54 Å². The third-order valence-electron chi connectivity index (χ3n) is 2.94. The molecule has 0 unspecified atom stereocenters. The van der Waals surface area contributed by atoms with Crippen LogP contribution in [0.5, 0.6) is 11.5 Å². The highest BCUT2D eigenvalue weighted by Crippen LogP contribution is 2.29. The Kier molecular flexibility index (Phi) is 5.52. The van der Waals surface area contributed by atoms with Gasteiger partial charge in [-0.15, -0.1) is 0 Å². The van der Waals surface area contributed by atoms with E-state index >= 15 is 0 Å². The molecule has 3 nitrogen and oxygen atoms in total. The predicted molar refractivity (Wildman–Crippen MR) is 87.5 cm³/mol. The van der Waals surface area contributed by atoms with Crippen molar-refractivity contribution in [2.75, 3.05) is 19.0 Å². The quantitative estimate of drug-likeness (QED) is 0.763. The molecule has 4 heteroatoms. The van der Waals surface area contributed by atoms with Crippen LogP contribution in [0.3, 0.4) is 0 Å². The smallest absolute Gasteiger partial charge is 0.161 e. The topological polar surface area (TPSA) is 30.5 Å². The Morgan fingerprint density at radius 3 is 2.71 bits per heavy atom. The number of nitrogens with one attached hydrogen (secondary N) is 1. The first-order chi connectivity index (χ1) is 10.2. The number of rotatable bonds is 7. The van der Waals surface area contributed by atoms with Gasteiger partial charge in [-0.05, 0) is 29.8 Å². The van der Waals surface area contributed by atoms with Gasteiger partial charge >= 0.3 is 0 Å². The lowest BCUT2D eigenvalue weighted by Crippen LogP contribution is -2.02. The largest absolute Gasteiger partial charge is 0.493 e. The Morgan fingerprint density at radius 2 is 2.00 bits per heavy atom. The van der Waals surface area contributed by atoms with E-state index in [1.54, 1.807) is 13.2 Å². The van der Waals surface area contributed by atoms with Crippen molar-refractivity contribution in [2.45, 2.75) is 6.54 Å². The molecule has 0 amide bonds. The van der Waals surface area contributed by atoms with Gasteiger partial charge in [-0.25, -0.2) is 0 Å². The van der Waals surface area contributed by atoms with Gasteiger partial charge in [0.25, 0.3) is 0 Å². The van der Waals surface area contributed by atoms with Gasteiger partial charge in [0, 0.05) is 6.54 Å². The number of methoxy groups -OCH3 is 1. The van der Waals surface area contributed by atoms with E-state index in [1.807, 2.05) is 42.5 Å². The Labute approximate surface area is 130 Å². The maximum atomic E-state index is 6.11. The molecule has 0 aromatic heterocycles. The standard InChI is InChI=1S/C17H18ClNO2/c1-3-10-21-16-9-8-13(11-17(16)20-2)12-19-15-7-5-4-6-14(15)18/h3-9,11,19H,1,10,12H2,2H3. The van der Waals surface area contributed by atoms with Crippen LogP contribution in [0.15, 0.2) is 55.1 Å². The van der Waals surface area contributed by atoms with Crippen LogP contribution < -0.4 is 14.8 Å². The zero-order valence-corrected chi connectivity index (χ0v) is 12.7. The Bertz CT molecular complexity index is 613. The minimum absolute atomic E-state index is 0.452. The fraction of sp³-hybridized carbons (Fsp3) is 0.176. The van der Waals surface area contributed by atoms with Gasteiger partial charge in [0.2, 0.25) is 0 Å². The van der Waals surface area contributed by atoms with Crippen molar-refractivity contribution in [1.29, 1.82) is 0 Å².